The van der Waals surface area contributed by atoms with Crippen molar-refractivity contribution in [1.82, 2.24) is 10.6 Å². The van der Waals surface area contributed by atoms with E-state index in [0.29, 0.717) is 0 Å². The van der Waals surface area contributed by atoms with Crippen LogP contribution in [0.2, 0.25) is 0 Å². The summed E-state index contributed by atoms with van der Waals surface area (Å²) >= 11 is 5.07. The van der Waals surface area contributed by atoms with Crippen LogP contribution in [0.25, 0.3) is 0 Å². The van der Waals surface area contributed by atoms with Crippen LogP contribution in [0.3, 0.4) is 0 Å². The van der Waals surface area contributed by atoms with Crippen LogP contribution in [-0.4, -0.2) is 79.5 Å². The number of rotatable bonds is 8. The molecule has 13 heteroatoms. The van der Waals surface area contributed by atoms with Gasteiger partial charge in [-0.2, -0.15) is 0 Å². The number of thiocarbonyl (C=S) groups is 1. The van der Waals surface area contributed by atoms with E-state index in [-0.39, 0.29) is 18.3 Å². The van der Waals surface area contributed by atoms with Gasteiger partial charge in [0.05, 0.1) is 0 Å². The summed E-state index contributed by atoms with van der Waals surface area (Å²) in [7, 11) is 0. The van der Waals surface area contributed by atoms with Gasteiger partial charge in [-0.25, -0.2) is 4.39 Å². The molecule has 0 bridgehead atoms. The second-order valence-corrected chi connectivity index (χ2v) is 6.63. The molecule has 1 heterocycles. The first-order valence-electron chi connectivity index (χ1n) is 8.96. The number of nitrogens with one attached hydrogen (secondary N) is 2. The van der Waals surface area contributed by atoms with Crippen molar-refractivity contribution in [3.63, 3.8) is 0 Å². The van der Waals surface area contributed by atoms with Crippen LogP contribution >= 0.6 is 12.2 Å². The van der Waals surface area contributed by atoms with Crippen molar-refractivity contribution < 1.29 is 47.3 Å². The lowest BCUT2D eigenvalue weighted by molar-refractivity contribution is -0.269. The van der Waals surface area contributed by atoms with E-state index >= 15 is 0 Å². The Labute approximate surface area is 177 Å². The Kier molecular flexibility index (Phi) is 10.4. The molecule has 0 amide bonds. The van der Waals surface area contributed by atoms with Crippen molar-refractivity contribution in [2.75, 3.05) is 19.8 Å². The van der Waals surface area contributed by atoms with Crippen molar-refractivity contribution in [1.29, 1.82) is 0 Å². The van der Waals surface area contributed by atoms with Gasteiger partial charge in [-0.15, -0.1) is 0 Å². The predicted octanol–water partition coefficient (Wildman–Crippen LogP) is -0.497. The summed E-state index contributed by atoms with van der Waals surface area (Å²) in [6.07, 6.45) is -4.99. The summed E-state index contributed by atoms with van der Waals surface area (Å²) in [6, 6.07) is -1.13. The van der Waals surface area contributed by atoms with E-state index in [9.17, 15) is 23.6 Å². The highest BCUT2D eigenvalue weighted by Gasteiger charge is 2.52. The zero-order valence-corrected chi connectivity index (χ0v) is 17.8. The standard InChI is InChI=1S/C17H25FN2O9S/c1-8(21)25-7-12-14(26-9(2)22)15(27-10(3)23)13(16(29-12)28-11(4)24)20-17(30)19-6-5-18/h12-16H,5-7H2,1-4H3,(H2,19,20,30)/t12-,13-,14-,15-,16-/m1/s1. The molecule has 11 nitrogen and oxygen atoms in total. The minimum absolute atomic E-state index is 0.0458. The van der Waals surface area contributed by atoms with Crippen molar-refractivity contribution >= 4 is 41.2 Å². The molecule has 0 aliphatic carbocycles. The number of hydrogen-bond donors (Lipinski definition) is 2. The van der Waals surface area contributed by atoms with Crippen LogP contribution in [0.1, 0.15) is 27.7 Å². The number of hydrogen-bond acceptors (Lipinski definition) is 10. The summed E-state index contributed by atoms with van der Waals surface area (Å²) < 4.78 is 38.8. The molecule has 0 aromatic rings. The first-order chi connectivity index (χ1) is 14.0. The molecule has 2 N–H and O–H groups in total. The Morgan fingerprint density at radius 1 is 0.933 bits per heavy atom. The highest BCUT2D eigenvalue weighted by Crippen LogP contribution is 2.28. The third-order valence-corrected chi connectivity index (χ3v) is 3.92. The zero-order chi connectivity index (χ0) is 22.8. The van der Waals surface area contributed by atoms with Crippen LogP contribution in [0, 0.1) is 0 Å². The highest BCUT2D eigenvalue weighted by molar-refractivity contribution is 7.80. The molecular formula is C17H25FN2O9S. The summed E-state index contributed by atoms with van der Waals surface area (Å²) in [4.78, 5) is 46.2. The van der Waals surface area contributed by atoms with Crippen LogP contribution in [0.5, 0.6) is 0 Å². The van der Waals surface area contributed by atoms with Gasteiger partial charge in [0, 0.05) is 34.2 Å². The fourth-order valence-electron chi connectivity index (χ4n) is 2.68. The molecule has 1 rings (SSSR count). The average Bonchev–Trinajstić information content (AvgIpc) is 2.62. The molecule has 170 valence electrons. The lowest BCUT2D eigenvalue weighted by Crippen LogP contribution is -2.67. The molecule has 0 aromatic carbocycles. The fraction of sp³-hybridized carbons (Fsp3) is 0.706. The maximum Gasteiger partial charge on any atom is 0.305 e. The SMILES string of the molecule is CC(=O)OC[C@H]1O[C@@H](OC(C)=O)[C@H](NC(=S)NCCF)[C@@H](OC(C)=O)[C@@H]1OC(C)=O. The molecule has 1 aliphatic heterocycles. The van der Waals surface area contributed by atoms with Crippen LogP contribution in [0.4, 0.5) is 4.39 Å². The van der Waals surface area contributed by atoms with Gasteiger partial charge in [0.1, 0.15) is 25.4 Å². The molecule has 0 saturated carbocycles. The van der Waals surface area contributed by atoms with Crippen LogP contribution in [-0.2, 0) is 42.9 Å². The molecule has 1 aliphatic rings. The number of alkyl halides is 1. The third kappa shape index (κ3) is 8.45. The monoisotopic (exact) mass is 452 g/mol. The average molecular weight is 452 g/mol. The Balaban J connectivity index is 3.28. The number of carbonyl (C=O) groups excluding carboxylic acids is 4. The fourth-order valence-corrected chi connectivity index (χ4v) is 2.92. The number of esters is 4. The molecule has 0 radical (unpaired) electrons. The van der Waals surface area contributed by atoms with Crippen molar-refractivity contribution in [3.8, 4) is 0 Å². The summed E-state index contributed by atoms with van der Waals surface area (Å²) in [5, 5.41) is 5.25. The smallest absolute Gasteiger partial charge is 0.305 e. The molecule has 0 unspecified atom stereocenters. The Hall–Kier alpha value is -2.54. The van der Waals surface area contributed by atoms with Gasteiger partial charge in [0.15, 0.2) is 17.3 Å². The van der Waals surface area contributed by atoms with Gasteiger partial charge >= 0.3 is 23.9 Å². The largest absolute Gasteiger partial charge is 0.463 e. The second-order valence-electron chi connectivity index (χ2n) is 6.22. The van der Waals surface area contributed by atoms with Crippen molar-refractivity contribution in [2.24, 2.45) is 0 Å². The lowest BCUT2D eigenvalue weighted by Gasteiger charge is -2.44. The van der Waals surface area contributed by atoms with E-state index in [0.717, 1.165) is 27.7 Å². The van der Waals surface area contributed by atoms with E-state index < -0.39 is 61.2 Å². The Bertz CT molecular complexity index is 663. The molecule has 1 saturated heterocycles. The van der Waals surface area contributed by atoms with Gasteiger partial charge in [-0.05, 0) is 12.2 Å². The molecule has 0 aromatic heterocycles. The third-order valence-electron chi connectivity index (χ3n) is 3.66. The van der Waals surface area contributed by atoms with E-state index in [1.54, 1.807) is 0 Å². The Morgan fingerprint density at radius 3 is 2.00 bits per heavy atom. The highest BCUT2D eigenvalue weighted by atomic mass is 32.1. The first kappa shape index (κ1) is 25.5. The van der Waals surface area contributed by atoms with Crippen LogP contribution in [0.15, 0.2) is 0 Å². The maximum atomic E-state index is 12.4. The second kappa shape index (κ2) is 12.2. The van der Waals surface area contributed by atoms with E-state index in [4.69, 9.17) is 35.9 Å². The Morgan fingerprint density at radius 2 is 1.50 bits per heavy atom. The summed E-state index contributed by atoms with van der Waals surface area (Å²) in [5.74, 6) is -2.82. The van der Waals surface area contributed by atoms with Crippen molar-refractivity contribution in [2.45, 2.75) is 58.3 Å². The number of carbonyl (C=O) groups is 4. The first-order valence-corrected chi connectivity index (χ1v) is 9.36. The van der Waals surface area contributed by atoms with Gasteiger partial charge in [-0.1, -0.05) is 0 Å². The number of ether oxygens (including phenoxy) is 5. The topological polar surface area (TPSA) is 138 Å². The van der Waals surface area contributed by atoms with Crippen molar-refractivity contribution in [3.05, 3.63) is 0 Å². The van der Waals surface area contributed by atoms with Gasteiger partial charge < -0.3 is 34.3 Å². The van der Waals surface area contributed by atoms with Gasteiger partial charge in [0.25, 0.3) is 0 Å². The molecule has 30 heavy (non-hydrogen) atoms. The van der Waals surface area contributed by atoms with E-state index in [1.807, 2.05) is 0 Å². The van der Waals surface area contributed by atoms with Gasteiger partial charge in [-0.3, -0.25) is 19.2 Å². The quantitative estimate of drug-likeness (QED) is 0.279. The van der Waals surface area contributed by atoms with E-state index in [1.165, 1.54) is 0 Å². The molecule has 5 atom stereocenters. The molecule has 1 fully saturated rings. The summed E-state index contributed by atoms with van der Waals surface area (Å²) in [5.41, 5.74) is 0. The minimum Gasteiger partial charge on any atom is -0.463 e. The zero-order valence-electron chi connectivity index (χ0n) is 17.0. The van der Waals surface area contributed by atoms with Gasteiger partial charge in [0.2, 0.25) is 6.29 Å². The van der Waals surface area contributed by atoms with E-state index in [2.05, 4.69) is 10.6 Å². The molecule has 0 spiro atoms. The summed E-state index contributed by atoms with van der Waals surface area (Å²) in [6.45, 7) is 3.36. The normalized spacial score (nSPS) is 25.4. The maximum absolute atomic E-state index is 12.4. The minimum atomic E-state index is -1.37. The number of halogens is 1. The molecular weight excluding hydrogens is 427 g/mol. The lowest BCUT2D eigenvalue weighted by atomic mass is 9.96. The predicted molar refractivity (Wildman–Crippen MR) is 102 cm³/mol. The van der Waals surface area contributed by atoms with Crippen LogP contribution < -0.4 is 10.6 Å².